The number of amides is 3. The highest BCUT2D eigenvalue weighted by Crippen LogP contribution is 2.21. The quantitative estimate of drug-likeness (QED) is 0.493. The number of esters is 1. The average molecular weight is 464 g/mol. The molecule has 3 amide bonds. The van der Waals surface area contributed by atoms with E-state index < -0.39 is 30.3 Å². The summed E-state index contributed by atoms with van der Waals surface area (Å²) in [7, 11) is 0. The van der Waals surface area contributed by atoms with Gasteiger partial charge in [0.15, 0.2) is 6.61 Å². The predicted molar refractivity (Wildman–Crippen MR) is 103 cm³/mol. The summed E-state index contributed by atoms with van der Waals surface area (Å²) in [6.07, 6.45) is 1.53. The number of hydrogen-bond acceptors (Lipinski definition) is 6. The molecule has 29 heavy (non-hydrogen) atoms. The van der Waals surface area contributed by atoms with Crippen LogP contribution in [-0.2, 0) is 25.7 Å². The Hall–Kier alpha value is -3.14. The van der Waals surface area contributed by atoms with Crippen LogP contribution in [0.4, 0.5) is 0 Å². The number of nitrogens with zero attached hydrogens (tertiary/aromatic N) is 1. The Bertz CT molecular complexity index is 897. The van der Waals surface area contributed by atoms with Crippen LogP contribution in [0.2, 0.25) is 0 Å². The summed E-state index contributed by atoms with van der Waals surface area (Å²) in [5.74, 6) is -2.06. The molecule has 1 fully saturated rings. The zero-order valence-corrected chi connectivity index (χ0v) is 16.8. The van der Waals surface area contributed by atoms with Crippen molar-refractivity contribution in [2.45, 2.75) is 13.0 Å². The average Bonchev–Trinajstić information content (AvgIpc) is 3.35. The molecule has 1 aliphatic rings. The van der Waals surface area contributed by atoms with Crippen LogP contribution in [0.1, 0.15) is 22.5 Å². The Balaban J connectivity index is 1.39. The van der Waals surface area contributed by atoms with Gasteiger partial charge in [-0.3, -0.25) is 30.0 Å². The normalized spacial score (nSPS) is 15.8. The molecule has 0 saturated carbocycles. The third kappa shape index (κ3) is 5.67. The summed E-state index contributed by atoms with van der Waals surface area (Å²) in [5, 5.41) is 0. The van der Waals surface area contributed by atoms with Gasteiger partial charge in [0, 0.05) is 23.0 Å². The molecule has 152 valence electrons. The number of halogens is 1. The number of carbonyl (C=O) groups is 4. The van der Waals surface area contributed by atoms with Gasteiger partial charge in [0.05, 0.1) is 18.7 Å². The Morgan fingerprint density at radius 2 is 1.93 bits per heavy atom. The van der Waals surface area contributed by atoms with E-state index in [4.69, 9.17) is 9.15 Å². The van der Waals surface area contributed by atoms with Crippen molar-refractivity contribution in [1.82, 2.24) is 15.8 Å². The first kappa shape index (κ1) is 20.6. The monoisotopic (exact) mass is 463 g/mol. The molecule has 1 saturated heterocycles. The maximum absolute atomic E-state index is 12.1. The summed E-state index contributed by atoms with van der Waals surface area (Å²) < 4.78 is 11.0. The summed E-state index contributed by atoms with van der Waals surface area (Å²) in [6.45, 7) is -0.0964. The summed E-state index contributed by atoms with van der Waals surface area (Å²) in [5.41, 5.74) is 4.76. The summed E-state index contributed by atoms with van der Waals surface area (Å²) in [6, 6.07) is 10.0. The molecule has 0 radical (unpaired) electrons. The molecular formula is C19H18BrN3O6. The van der Waals surface area contributed by atoms with Crippen molar-refractivity contribution >= 4 is 39.6 Å². The number of furan rings is 1. The SMILES string of the molecule is O=C(COC(=O)[C@@H]1CC(=O)N(Cc2ccco2)C1)NNC(=O)c1ccc(Br)cc1. The number of ether oxygens (including phenoxy) is 1. The third-order valence-electron chi connectivity index (χ3n) is 4.24. The lowest BCUT2D eigenvalue weighted by Gasteiger charge is -2.14. The van der Waals surface area contributed by atoms with Gasteiger partial charge >= 0.3 is 5.97 Å². The molecule has 1 atom stereocenters. The van der Waals surface area contributed by atoms with Crippen LogP contribution in [0.3, 0.4) is 0 Å². The van der Waals surface area contributed by atoms with Gasteiger partial charge in [0.1, 0.15) is 5.76 Å². The number of likely N-dealkylation sites (tertiary alicyclic amines) is 1. The number of hydrogen-bond donors (Lipinski definition) is 2. The van der Waals surface area contributed by atoms with E-state index in [9.17, 15) is 19.2 Å². The molecule has 0 unspecified atom stereocenters. The van der Waals surface area contributed by atoms with Crippen molar-refractivity contribution in [1.29, 1.82) is 0 Å². The van der Waals surface area contributed by atoms with E-state index in [1.54, 1.807) is 36.4 Å². The Morgan fingerprint density at radius 3 is 2.62 bits per heavy atom. The molecule has 0 aliphatic carbocycles. The molecular weight excluding hydrogens is 446 g/mol. The second-order valence-electron chi connectivity index (χ2n) is 6.37. The highest BCUT2D eigenvalue weighted by Gasteiger charge is 2.35. The lowest BCUT2D eigenvalue weighted by molar-refractivity contribution is -0.152. The summed E-state index contributed by atoms with van der Waals surface area (Å²) >= 11 is 3.26. The molecule has 1 aromatic heterocycles. The highest BCUT2D eigenvalue weighted by molar-refractivity contribution is 9.10. The van der Waals surface area contributed by atoms with Gasteiger partial charge in [0.25, 0.3) is 11.8 Å². The van der Waals surface area contributed by atoms with E-state index in [2.05, 4.69) is 26.8 Å². The van der Waals surface area contributed by atoms with E-state index in [-0.39, 0.29) is 25.4 Å². The molecule has 3 rings (SSSR count). The summed E-state index contributed by atoms with van der Waals surface area (Å²) in [4.78, 5) is 49.4. The van der Waals surface area contributed by atoms with Crippen LogP contribution in [0.5, 0.6) is 0 Å². The highest BCUT2D eigenvalue weighted by atomic mass is 79.9. The van der Waals surface area contributed by atoms with Crippen molar-refractivity contribution in [3.8, 4) is 0 Å². The standard InChI is InChI=1S/C19H18BrN3O6/c20-14-5-3-12(4-6-14)18(26)22-21-16(24)11-29-19(27)13-8-17(25)23(9-13)10-15-2-1-7-28-15/h1-7,13H,8-11H2,(H,21,24)(H,22,26)/t13-/m1/s1. The Morgan fingerprint density at radius 1 is 1.17 bits per heavy atom. The minimum absolute atomic E-state index is 0.0153. The van der Waals surface area contributed by atoms with E-state index in [1.807, 2.05) is 0 Å². The molecule has 1 aliphatic heterocycles. The van der Waals surface area contributed by atoms with Gasteiger partial charge in [-0.25, -0.2) is 0 Å². The van der Waals surface area contributed by atoms with Gasteiger partial charge in [-0.15, -0.1) is 0 Å². The molecule has 1 aromatic carbocycles. The van der Waals surface area contributed by atoms with Crippen LogP contribution in [0.25, 0.3) is 0 Å². The fraction of sp³-hybridized carbons (Fsp3) is 0.263. The molecule has 10 heteroatoms. The van der Waals surface area contributed by atoms with Gasteiger partial charge < -0.3 is 14.1 Å². The van der Waals surface area contributed by atoms with Crippen molar-refractivity contribution in [3.05, 3.63) is 58.5 Å². The second-order valence-corrected chi connectivity index (χ2v) is 7.29. The van der Waals surface area contributed by atoms with Crippen LogP contribution < -0.4 is 10.9 Å². The number of hydrazine groups is 1. The van der Waals surface area contributed by atoms with E-state index >= 15 is 0 Å². The largest absolute Gasteiger partial charge is 0.467 e. The van der Waals surface area contributed by atoms with Crippen LogP contribution in [0.15, 0.2) is 51.6 Å². The van der Waals surface area contributed by atoms with Crippen molar-refractivity contribution in [3.63, 3.8) is 0 Å². The molecule has 2 N–H and O–H groups in total. The predicted octanol–water partition coefficient (Wildman–Crippen LogP) is 1.39. The van der Waals surface area contributed by atoms with Crippen molar-refractivity contribution < 1.29 is 28.3 Å². The van der Waals surface area contributed by atoms with E-state index in [1.165, 1.54) is 11.2 Å². The van der Waals surface area contributed by atoms with Crippen molar-refractivity contribution in [2.24, 2.45) is 5.92 Å². The Labute approximate surface area is 174 Å². The molecule has 0 bridgehead atoms. The first-order chi connectivity index (χ1) is 13.9. The van der Waals surface area contributed by atoms with E-state index in [0.29, 0.717) is 11.3 Å². The number of nitrogens with one attached hydrogen (secondary N) is 2. The molecule has 0 spiro atoms. The topological polar surface area (TPSA) is 118 Å². The first-order valence-corrected chi connectivity index (χ1v) is 9.53. The van der Waals surface area contributed by atoms with Gasteiger partial charge in [-0.1, -0.05) is 15.9 Å². The Kier molecular flexibility index (Phi) is 6.65. The fourth-order valence-corrected chi connectivity index (χ4v) is 3.03. The zero-order valence-electron chi connectivity index (χ0n) is 15.2. The maximum atomic E-state index is 12.1. The third-order valence-corrected chi connectivity index (χ3v) is 4.77. The minimum atomic E-state index is -0.694. The molecule has 2 aromatic rings. The minimum Gasteiger partial charge on any atom is -0.467 e. The first-order valence-electron chi connectivity index (χ1n) is 8.74. The number of rotatable bonds is 6. The van der Waals surface area contributed by atoms with Crippen LogP contribution in [-0.4, -0.2) is 41.7 Å². The van der Waals surface area contributed by atoms with Gasteiger partial charge in [0.2, 0.25) is 5.91 Å². The van der Waals surface area contributed by atoms with E-state index in [0.717, 1.165) is 4.47 Å². The van der Waals surface area contributed by atoms with Crippen LogP contribution in [0, 0.1) is 5.92 Å². The lowest BCUT2D eigenvalue weighted by Crippen LogP contribution is -2.43. The maximum Gasteiger partial charge on any atom is 0.311 e. The van der Waals surface area contributed by atoms with Gasteiger partial charge in [-0.05, 0) is 36.4 Å². The fourth-order valence-electron chi connectivity index (χ4n) is 2.76. The zero-order chi connectivity index (χ0) is 20.8. The second kappa shape index (κ2) is 9.37. The van der Waals surface area contributed by atoms with Gasteiger partial charge in [-0.2, -0.15) is 0 Å². The number of benzene rings is 1. The number of carbonyl (C=O) groups excluding carboxylic acids is 4. The molecule has 2 heterocycles. The van der Waals surface area contributed by atoms with Crippen LogP contribution >= 0.6 is 15.9 Å². The lowest BCUT2D eigenvalue weighted by atomic mass is 10.1. The van der Waals surface area contributed by atoms with Crippen molar-refractivity contribution in [2.75, 3.05) is 13.2 Å². The molecule has 9 nitrogen and oxygen atoms in total. The smallest absolute Gasteiger partial charge is 0.311 e.